The van der Waals surface area contributed by atoms with Gasteiger partial charge in [0, 0.05) is 31.1 Å². The van der Waals surface area contributed by atoms with Crippen LogP contribution in [0.1, 0.15) is 37.4 Å². The smallest absolute Gasteiger partial charge is 0.107 e. The van der Waals surface area contributed by atoms with Crippen LogP contribution in [-0.2, 0) is 13.1 Å². The Bertz CT molecular complexity index is 344. The highest BCUT2D eigenvalue weighted by Crippen LogP contribution is 2.29. The van der Waals surface area contributed by atoms with E-state index in [1.165, 1.54) is 30.1 Å². The molecular formula is C13H23N3S. The Balaban J connectivity index is 1.76. The number of rotatable bonds is 7. The fraction of sp³-hybridized carbons (Fsp3) is 0.769. The van der Waals surface area contributed by atoms with Gasteiger partial charge < -0.3 is 10.2 Å². The lowest BCUT2D eigenvalue weighted by Crippen LogP contribution is -2.22. The van der Waals surface area contributed by atoms with Crippen LogP contribution >= 0.6 is 11.3 Å². The van der Waals surface area contributed by atoms with Gasteiger partial charge in [0.15, 0.2) is 0 Å². The van der Waals surface area contributed by atoms with Gasteiger partial charge in [0.05, 0.1) is 5.69 Å². The van der Waals surface area contributed by atoms with Crippen LogP contribution < -0.4 is 5.32 Å². The molecule has 1 N–H and O–H groups in total. The van der Waals surface area contributed by atoms with Crippen molar-refractivity contribution in [1.29, 1.82) is 0 Å². The van der Waals surface area contributed by atoms with Gasteiger partial charge in [-0.25, -0.2) is 4.98 Å². The molecule has 0 amide bonds. The number of aromatic nitrogens is 1. The lowest BCUT2D eigenvalue weighted by Gasteiger charge is -2.14. The van der Waals surface area contributed by atoms with Gasteiger partial charge in [-0.1, -0.05) is 13.8 Å². The molecule has 0 bridgehead atoms. The Morgan fingerprint density at radius 3 is 2.94 bits per heavy atom. The largest absolute Gasteiger partial charge is 0.308 e. The Kier molecular flexibility index (Phi) is 4.54. The number of nitrogens with zero attached hydrogens (tertiary/aromatic N) is 2. The molecule has 0 aromatic carbocycles. The second kappa shape index (κ2) is 5.94. The molecule has 0 saturated heterocycles. The number of hydrogen-bond donors (Lipinski definition) is 1. The Morgan fingerprint density at radius 2 is 2.29 bits per heavy atom. The highest BCUT2D eigenvalue weighted by atomic mass is 32.1. The molecule has 1 aromatic heterocycles. The Labute approximate surface area is 108 Å². The standard InChI is InChI=1S/C13H23N3S/c1-10(2)14-6-13-15-12(9-17-13)8-16(3)7-11-4-5-11/h9-11,14H,4-8H2,1-3H3. The van der Waals surface area contributed by atoms with Gasteiger partial charge in [-0.3, -0.25) is 0 Å². The first-order valence-electron chi connectivity index (χ1n) is 6.48. The van der Waals surface area contributed by atoms with E-state index in [1.807, 2.05) is 0 Å². The second-order valence-electron chi connectivity index (χ2n) is 5.41. The van der Waals surface area contributed by atoms with Crippen LogP contribution in [-0.4, -0.2) is 29.5 Å². The van der Waals surface area contributed by atoms with Gasteiger partial charge >= 0.3 is 0 Å². The molecule has 1 aliphatic rings. The van der Waals surface area contributed by atoms with Crippen LogP contribution in [0.4, 0.5) is 0 Å². The maximum Gasteiger partial charge on any atom is 0.107 e. The average molecular weight is 253 g/mol. The summed E-state index contributed by atoms with van der Waals surface area (Å²) in [6.45, 7) is 7.45. The van der Waals surface area contributed by atoms with Crippen molar-refractivity contribution in [3.8, 4) is 0 Å². The van der Waals surface area contributed by atoms with Crippen LogP contribution in [0.25, 0.3) is 0 Å². The molecule has 3 nitrogen and oxygen atoms in total. The Hall–Kier alpha value is -0.450. The molecule has 1 aromatic rings. The molecule has 17 heavy (non-hydrogen) atoms. The summed E-state index contributed by atoms with van der Waals surface area (Å²) in [6, 6.07) is 0.528. The zero-order chi connectivity index (χ0) is 12.3. The van der Waals surface area contributed by atoms with E-state index in [1.54, 1.807) is 11.3 Å². The summed E-state index contributed by atoms with van der Waals surface area (Å²) in [7, 11) is 2.20. The van der Waals surface area contributed by atoms with Crippen LogP contribution in [0.3, 0.4) is 0 Å². The SMILES string of the molecule is CC(C)NCc1nc(CN(C)CC2CC2)cs1. The molecule has 0 aliphatic heterocycles. The summed E-state index contributed by atoms with van der Waals surface area (Å²) >= 11 is 1.77. The molecule has 0 atom stereocenters. The van der Waals surface area contributed by atoms with Crippen molar-refractivity contribution in [3.63, 3.8) is 0 Å². The quantitative estimate of drug-likeness (QED) is 0.809. The third-order valence-corrected chi connectivity index (χ3v) is 3.86. The Morgan fingerprint density at radius 1 is 1.53 bits per heavy atom. The topological polar surface area (TPSA) is 28.2 Å². The predicted molar refractivity (Wildman–Crippen MR) is 73.1 cm³/mol. The normalized spacial score (nSPS) is 16.1. The maximum absolute atomic E-state index is 4.66. The van der Waals surface area contributed by atoms with Crippen LogP contribution in [0.5, 0.6) is 0 Å². The van der Waals surface area contributed by atoms with Crippen molar-refractivity contribution in [2.75, 3.05) is 13.6 Å². The zero-order valence-corrected chi connectivity index (χ0v) is 11.9. The minimum absolute atomic E-state index is 0.528. The molecule has 1 heterocycles. The zero-order valence-electron chi connectivity index (χ0n) is 11.1. The molecule has 96 valence electrons. The van der Waals surface area contributed by atoms with Crippen LogP contribution in [0.2, 0.25) is 0 Å². The van der Waals surface area contributed by atoms with Crippen LogP contribution in [0.15, 0.2) is 5.38 Å². The molecule has 0 spiro atoms. The number of nitrogens with one attached hydrogen (secondary N) is 1. The summed E-state index contributed by atoms with van der Waals surface area (Å²) in [5.41, 5.74) is 1.22. The molecule has 0 unspecified atom stereocenters. The van der Waals surface area contributed by atoms with Crippen molar-refractivity contribution < 1.29 is 0 Å². The molecule has 2 rings (SSSR count). The maximum atomic E-state index is 4.66. The minimum atomic E-state index is 0.528. The van der Waals surface area contributed by atoms with Crippen LogP contribution in [0, 0.1) is 5.92 Å². The molecule has 1 aliphatic carbocycles. The molecule has 1 fully saturated rings. The fourth-order valence-electron chi connectivity index (χ4n) is 1.88. The summed E-state index contributed by atoms with van der Waals surface area (Å²) < 4.78 is 0. The van der Waals surface area contributed by atoms with E-state index in [9.17, 15) is 0 Å². The second-order valence-corrected chi connectivity index (χ2v) is 6.35. The van der Waals surface area contributed by atoms with Crippen molar-refractivity contribution in [2.24, 2.45) is 5.92 Å². The third kappa shape index (κ3) is 4.74. The van der Waals surface area contributed by atoms with E-state index in [2.05, 4.69) is 41.5 Å². The van der Waals surface area contributed by atoms with E-state index < -0.39 is 0 Å². The monoisotopic (exact) mass is 253 g/mol. The third-order valence-electron chi connectivity index (χ3n) is 2.96. The summed E-state index contributed by atoms with van der Waals surface area (Å²) in [4.78, 5) is 7.06. The summed E-state index contributed by atoms with van der Waals surface area (Å²) in [5, 5.41) is 6.80. The van der Waals surface area contributed by atoms with Crippen molar-refractivity contribution in [1.82, 2.24) is 15.2 Å². The first kappa shape index (κ1) is 13.0. The van der Waals surface area contributed by atoms with Crippen molar-refractivity contribution in [2.45, 2.75) is 45.8 Å². The molecular weight excluding hydrogens is 230 g/mol. The van der Waals surface area contributed by atoms with Gasteiger partial charge in [-0.2, -0.15) is 0 Å². The van der Waals surface area contributed by atoms with Crippen molar-refractivity contribution in [3.05, 3.63) is 16.1 Å². The van der Waals surface area contributed by atoms with E-state index in [4.69, 9.17) is 0 Å². The first-order chi connectivity index (χ1) is 8.13. The van der Waals surface area contributed by atoms with E-state index in [-0.39, 0.29) is 0 Å². The number of hydrogen-bond acceptors (Lipinski definition) is 4. The number of thiazole rings is 1. The van der Waals surface area contributed by atoms with Gasteiger partial charge in [0.2, 0.25) is 0 Å². The predicted octanol–water partition coefficient (Wildman–Crippen LogP) is 2.48. The molecule has 0 radical (unpaired) electrons. The first-order valence-corrected chi connectivity index (χ1v) is 7.36. The van der Waals surface area contributed by atoms with E-state index in [0.29, 0.717) is 6.04 Å². The summed E-state index contributed by atoms with van der Waals surface area (Å²) in [5.74, 6) is 0.959. The molecule has 1 saturated carbocycles. The molecule has 4 heteroatoms. The van der Waals surface area contributed by atoms with Gasteiger partial charge in [0.25, 0.3) is 0 Å². The average Bonchev–Trinajstić information content (AvgIpc) is 2.94. The van der Waals surface area contributed by atoms with Gasteiger partial charge in [-0.15, -0.1) is 11.3 Å². The summed E-state index contributed by atoms with van der Waals surface area (Å²) in [6.07, 6.45) is 2.84. The van der Waals surface area contributed by atoms with E-state index >= 15 is 0 Å². The van der Waals surface area contributed by atoms with E-state index in [0.717, 1.165) is 19.0 Å². The van der Waals surface area contributed by atoms with Gasteiger partial charge in [0.1, 0.15) is 5.01 Å². The lowest BCUT2D eigenvalue weighted by molar-refractivity contribution is 0.310. The highest BCUT2D eigenvalue weighted by molar-refractivity contribution is 7.09. The lowest BCUT2D eigenvalue weighted by atomic mass is 10.3. The minimum Gasteiger partial charge on any atom is -0.308 e. The van der Waals surface area contributed by atoms with Crippen molar-refractivity contribution >= 4 is 11.3 Å². The fourth-order valence-corrected chi connectivity index (χ4v) is 2.61. The van der Waals surface area contributed by atoms with Gasteiger partial charge in [-0.05, 0) is 25.8 Å². The highest BCUT2D eigenvalue weighted by Gasteiger charge is 2.22.